The maximum atomic E-state index is 13.1. The number of ether oxygens (including phenoxy) is 2. The van der Waals surface area contributed by atoms with Crippen LogP contribution in [0.15, 0.2) is 30.3 Å². The number of carbonyl (C=O) groups is 2. The van der Waals surface area contributed by atoms with Gasteiger partial charge >= 0.3 is 12.1 Å². The summed E-state index contributed by atoms with van der Waals surface area (Å²) < 4.78 is 11.6. The number of hydroxylamine groups is 2. The van der Waals surface area contributed by atoms with Crippen molar-refractivity contribution in [2.45, 2.75) is 78.4 Å². The molecular weight excluding hydrogens is 372 g/mol. The lowest BCUT2D eigenvalue weighted by molar-refractivity contribution is -0.181. The first-order valence-corrected chi connectivity index (χ1v) is 10.0. The minimum atomic E-state index is -0.854. The van der Waals surface area contributed by atoms with Crippen molar-refractivity contribution >= 4 is 12.1 Å². The van der Waals surface area contributed by atoms with Gasteiger partial charge in [0.25, 0.3) is 0 Å². The third-order valence-electron chi connectivity index (χ3n) is 5.43. The Hall–Kier alpha value is -2.12. The van der Waals surface area contributed by atoms with Gasteiger partial charge in [0.05, 0.1) is 30.7 Å². The van der Waals surface area contributed by atoms with Crippen molar-refractivity contribution in [2.24, 2.45) is 5.41 Å². The van der Waals surface area contributed by atoms with Crippen LogP contribution in [0.5, 0.6) is 0 Å². The Morgan fingerprint density at radius 1 is 1.17 bits per heavy atom. The van der Waals surface area contributed by atoms with Gasteiger partial charge in [-0.25, -0.2) is 9.59 Å². The van der Waals surface area contributed by atoms with E-state index < -0.39 is 28.9 Å². The Labute approximate surface area is 172 Å². The summed E-state index contributed by atoms with van der Waals surface area (Å²) in [5, 5.41) is 1.68. The molecule has 7 nitrogen and oxygen atoms in total. The second-order valence-corrected chi connectivity index (χ2v) is 9.78. The summed E-state index contributed by atoms with van der Waals surface area (Å²) in [6.07, 6.45) is -0.459. The molecule has 29 heavy (non-hydrogen) atoms. The van der Waals surface area contributed by atoms with E-state index >= 15 is 0 Å². The first-order valence-electron chi connectivity index (χ1n) is 10.0. The number of benzene rings is 1. The molecule has 0 aromatic heterocycles. The summed E-state index contributed by atoms with van der Waals surface area (Å²) >= 11 is 0. The van der Waals surface area contributed by atoms with Crippen LogP contribution >= 0.6 is 0 Å². The molecular formula is C22H32N2O5. The molecule has 2 heterocycles. The predicted molar refractivity (Wildman–Crippen MR) is 108 cm³/mol. The zero-order valence-corrected chi connectivity index (χ0v) is 18.4. The number of amides is 1. The van der Waals surface area contributed by atoms with Crippen LogP contribution in [0, 0.1) is 5.41 Å². The van der Waals surface area contributed by atoms with Gasteiger partial charge in [-0.1, -0.05) is 30.3 Å². The third kappa shape index (κ3) is 4.26. The minimum Gasteiger partial charge on any atom is -0.444 e. The highest BCUT2D eigenvalue weighted by molar-refractivity contribution is 5.79. The number of rotatable bonds is 3. The van der Waals surface area contributed by atoms with Gasteiger partial charge in [-0.15, -0.1) is 5.06 Å². The topological polar surface area (TPSA) is 68.3 Å². The maximum Gasteiger partial charge on any atom is 0.412 e. The van der Waals surface area contributed by atoms with E-state index in [-0.39, 0.29) is 12.0 Å². The van der Waals surface area contributed by atoms with Crippen molar-refractivity contribution in [3.63, 3.8) is 0 Å². The molecule has 7 heteroatoms. The lowest BCUT2D eigenvalue weighted by Crippen LogP contribution is -2.58. The number of hydrogen-bond acceptors (Lipinski definition) is 6. The largest absolute Gasteiger partial charge is 0.444 e. The van der Waals surface area contributed by atoms with Gasteiger partial charge in [0.15, 0.2) is 0 Å². The summed E-state index contributed by atoms with van der Waals surface area (Å²) in [6.45, 7) is 13.6. The molecule has 0 spiro atoms. The highest BCUT2D eigenvalue weighted by Crippen LogP contribution is 2.43. The van der Waals surface area contributed by atoms with Crippen molar-refractivity contribution in [1.82, 2.24) is 9.96 Å². The Morgan fingerprint density at radius 2 is 1.79 bits per heavy atom. The summed E-state index contributed by atoms with van der Waals surface area (Å²) in [7, 11) is 0. The van der Waals surface area contributed by atoms with Gasteiger partial charge in [-0.3, -0.25) is 4.90 Å². The van der Waals surface area contributed by atoms with Crippen molar-refractivity contribution in [3.8, 4) is 0 Å². The Balaban J connectivity index is 1.94. The van der Waals surface area contributed by atoms with Gasteiger partial charge in [0.1, 0.15) is 11.3 Å². The Kier molecular flexibility index (Phi) is 5.43. The molecule has 0 aliphatic carbocycles. The van der Waals surface area contributed by atoms with E-state index in [1.165, 1.54) is 0 Å². The van der Waals surface area contributed by atoms with E-state index in [1.807, 2.05) is 78.8 Å². The van der Waals surface area contributed by atoms with E-state index in [0.717, 1.165) is 5.56 Å². The monoisotopic (exact) mass is 404 g/mol. The molecule has 2 fully saturated rings. The first kappa shape index (κ1) is 21.6. The fourth-order valence-electron chi connectivity index (χ4n) is 4.06. The smallest absolute Gasteiger partial charge is 0.412 e. The quantitative estimate of drug-likeness (QED) is 0.765. The van der Waals surface area contributed by atoms with Gasteiger partial charge in [0.2, 0.25) is 0 Å². The molecule has 1 aromatic rings. The lowest BCUT2D eigenvalue weighted by atomic mass is 9.80. The Morgan fingerprint density at radius 3 is 2.38 bits per heavy atom. The van der Waals surface area contributed by atoms with Crippen molar-refractivity contribution < 1.29 is 23.9 Å². The van der Waals surface area contributed by atoms with E-state index in [1.54, 1.807) is 9.96 Å². The van der Waals surface area contributed by atoms with Crippen LogP contribution in [-0.2, 0) is 25.7 Å². The normalized spacial score (nSPS) is 26.4. The van der Waals surface area contributed by atoms with Gasteiger partial charge < -0.3 is 14.3 Å². The van der Waals surface area contributed by atoms with Crippen LogP contribution < -0.4 is 0 Å². The minimum absolute atomic E-state index is 0.294. The molecule has 160 valence electrons. The van der Waals surface area contributed by atoms with Crippen molar-refractivity contribution in [1.29, 1.82) is 0 Å². The summed E-state index contributed by atoms with van der Waals surface area (Å²) in [5.74, 6) is -0.313. The zero-order chi connectivity index (χ0) is 21.6. The van der Waals surface area contributed by atoms with Gasteiger partial charge in [-0.2, -0.15) is 0 Å². The van der Waals surface area contributed by atoms with E-state index in [9.17, 15) is 9.59 Å². The average molecular weight is 405 g/mol. The predicted octanol–water partition coefficient (Wildman–Crippen LogP) is 3.73. The van der Waals surface area contributed by atoms with Crippen molar-refractivity contribution in [2.75, 3.05) is 6.61 Å². The summed E-state index contributed by atoms with van der Waals surface area (Å²) in [4.78, 5) is 33.1. The van der Waals surface area contributed by atoms with Crippen LogP contribution in [0.2, 0.25) is 0 Å². The highest BCUT2D eigenvalue weighted by Gasteiger charge is 2.60. The molecule has 2 aliphatic rings. The third-order valence-corrected chi connectivity index (χ3v) is 5.43. The Bertz CT molecular complexity index is 769. The molecule has 2 aliphatic heterocycles. The second-order valence-electron chi connectivity index (χ2n) is 9.78. The van der Waals surface area contributed by atoms with E-state index in [4.69, 9.17) is 14.3 Å². The van der Waals surface area contributed by atoms with Crippen LogP contribution in [0.4, 0.5) is 4.79 Å². The molecule has 3 rings (SSSR count). The molecule has 0 unspecified atom stereocenters. The number of hydrogen-bond donors (Lipinski definition) is 0. The molecule has 1 aromatic carbocycles. The molecule has 0 radical (unpaired) electrons. The summed E-state index contributed by atoms with van der Waals surface area (Å²) in [5.41, 5.74) is -1.29. The van der Waals surface area contributed by atoms with Crippen LogP contribution in [0.1, 0.15) is 54.0 Å². The van der Waals surface area contributed by atoms with Crippen LogP contribution in [-0.4, -0.2) is 52.0 Å². The highest BCUT2D eigenvalue weighted by atomic mass is 16.7. The molecule has 2 saturated heterocycles. The fraction of sp³-hybridized carbons (Fsp3) is 0.636. The molecule has 0 bridgehead atoms. The van der Waals surface area contributed by atoms with E-state index in [0.29, 0.717) is 13.2 Å². The number of nitrogens with zero attached hydrogens (tertiary/aromatic N) is 2. The average Bonchev–Trinajstić information content (AvgIpc) is 2.99. The SMILES string of the molecule is CC(C)(C)OC(=O)N1[C@H]([C@H]2N(Cc3ccccc3)OC(=O)C2(C)C)COC1(C)C. The lowest BCUT2D eigenvalue weighted by Gasteiger charge is -2.40. The molecule has 0 N–H and O–H groups in total. The second kappa shape index (κ2) is 7.29. The van der Waals surface area contributed by atoms with Crippen molar-refractivity contribution in [3.05, 3.63) is 35.9 Å². The summed E-state index contributed by atoms with van der Waals surface area (Å²) in [6, 6.07) is 9.02. The standard InChI is InChI=1S/C22H32N2O5/c1-20(2,3)28-19(26)24-16(14-27-22(24,6)7)17-21(4,5)18(25)29-23(17)13-15-11-9-8-10-12-15/h8-12,16-17H,13-14H2,1-7H3/t16-,17+/m0/s1. The fourth-order valence-corrected chi connectivity index (χ4v) is 4.06. The van der Waals surface area contributed by atoms with Crippen LogP contribution in [0.3, 0.4) is 0 Å². The van der Waals surface area contributed by atoms with Crippen LogP contribution in [0.25, 0.3) is 0 Å². The maximum absolute atomic E-state index is 13.1. The van der Waals surface area contributed by atoms with Gasteiger partial charge in [0, 0.05) is 0 Å². The first-order chi connectivity index (χ1) is 13.3. The zero-order valence-electron chi connectivity index (χ0n) is 18.4. The molecule has 0 saturated carbocycles. The number of carbonyl (C=O) groups excluding carboxylic acids is 2. The molecule has 1 amide bonds. The molecule has 2 atom stereocenters. The van der Waals surface area contributed by atoms with Gasteiger partial charge in [-0.05, 0) is 54.0 Å². The van der Waals surface area contributed by atoms with E-state index in [2.05, 4.69) is 0 Å².